The molecule has 0 bridgehead atoms. The van der Waals surface area contributed by atoms with E-state index >= 15 is 0 Å². The van der Waals surface area contributed by atoms with Crippen LogP contribution in [0.2, 0.25) is 0 Å². The Morgan fingerprint density at radius 1 is 0.838 bits per heavy atom. The zero-order chi connectivity index (χ0) is 25.4. The van der Waals surface area contributed by atoms with Crippen LogP contribution in [0.15, 0.2) is 79.3 Å². The largest absolute Gasteiger partial charge is 0.432 e. The van der Waals surface area contributed by atoms with Gasteiger partial charge < -0.3 is 4.74 Å². The van der Waals surface area contributed by atoms with Gasteiger partial charge in [-0.2, -0.15) is 13.9 Å². The molecular formula is C30H28F2N4O. The number of benzene rings is 3. The third kappa shape index (κ3) is 4.79. The van der Waals surface area contributed by atoms with Crippen LogP contribution in [0, 0.1) is 6.92 Å². The Kier molecular flexibility index (Phi) is 6.08. The molecule has 0 radical (unpaired) electrons. The molecule has 0 amide bonds. The summed E-state index contributed by atoms with van der Waals surface area (Å²) >= 11 is 0. The monoisotopic (exact) mass is 498 g/mol. The fourth-order valence-corrected chi connectivity index (χ4v) is 5.20. The molecule has 0 spiro atoms. The lowest BCUT2D eigenvalue weighted by molar-refractivity contribution is -0.189. The summed E-state index contributed by atoms with van der Waals surface area (Å²) in [6.07, 6.45) is 5.33. The van der Waals surface area contributed by atoms with Gasteiger partial charge in [0.05, 0.1) is 6.20 Å². The molecule has 1 aliphatic rings. The van der Waals surface area contributed by atoms with Gasteiger partial charge >= 0.3 is 6.11 Å². The topological polar surface area (TPSA) is 42.7 Å². The van der Waals surface area contributed by atoms with Crippen LogP contribution < -0.4 is 4.74 Å². The molecule has 2 aromatic heterocycles. The van der Waals surface area contributed by atoms with Crippen LogP contribution in [0.3, 0.4) is 0 Å². The van der Waals surface area contributed by atoms with Crippen molar-refractivity contribution in [3.63, 3.8) is 0 Å². The van der Waals surface area contributed by atoms with Crippen LogP contribution >= 0.6 is 0 Å². The van der Waals surface area contributed by atoms with Crippen molar-refractivity contribution in [2.24, 2.45) is 0 Å². The lowest BCUT2D eigenvalue weighted by atomic mass is 9.97. The molecule has 0 aliphatic carbocycles. The van der Waals surface area contributed by atoms with E-state index in [0.717, 1.165) is 52.5 Å². The second-order valence-corrected chi connectivity index (χ2v) is 9.75. The maximum atomic E-state index is 14.5. The number of ether oxygens (including phenoxy) is 1. The van der Waals surface area contributed by atoms with Crippen molar-refractivity contribution < 1.29 is 13.5 Å². The Morgan fingerprint density at radius 2 is 1.59 bits per heavy atom. The molecule has 1 saturated heterocycles. The lowest BCUT2D eigenvalue weighted by Gasteiger charge is -2.30. The minimum absolute atomic E-state index is 0.146. The lowest BCUT2D eigenvalue weighted by Crippen LogP contribution is -2.43. The maximum Gasteiger partial charge on any atom is 0.410 e. The van der Waals surface area contributed by atoms with E-state index in [9.17, 15) is 8.78 Å². The number of piperidine rings is 1. The number of alkyl halides is 2. The summed E-state index contributed by atoms with van der Waals surface area (Å²) in [4.78, 5) is 6.49. The quantitative estimate of drug-likeness (QED) is 0.253. The normalized spacial score (nSPS) is 14.9. The number of rotatable bonds is 6. The van der Waals surface area contributed by atoms with E-state index < -0.39 is 6.11 Å². The van der Waals surface area contributed by atoms with Crippen molar-refractivity contribution in [3.8, 4) is 28.0 Å². The number of likely N-dealkylation sites (tertiary alicyclic amines) is 1. The van der Waals surface area contributed by atoms with Crippen LogP contribution in [-0.2, 0) is 0 Å². The van der Waals surface area contributed by atoms with Crippen LogP contribution in [0.5, 0.6) is 5.75 Å². The number of aromatic nitrogens is 3. The SMILES string of the molecule is Cc1ccc(-c2cnn3cc(-c4ccc(OC(F)(F)CN5CCCCC5)cc4)cnc23)c2ccccc12. The number of hydrogen-bond acceptors (Lipinski definition) is 4. The molecule has 0 unspecified atom stereocenters. The maximum absolute atomic E-state index is 14.5. The van der Waals surface area contributed by atoms with Crippen molar-refractivity contribution in [2.45, 2.75) is 32.3 Å². The summed E-state index contributed by atoms with van der Waals surface area (Å²) in [6, 6.07) is 19.3. The fraction of sp³-hybridized carbons (Fsp3) is 0.267. The van der Waals surface area contributed by atoms with Crippen molar-refractivity contribution in [1.29, 1.82) is 0 Å². The second kappa shape index (κ2) is 9.56. The van der Waals surface area contributed by atoms with Crippen LogP contribution in [-0.4, -0.2) is 45.2 Å². The Morgan fingerprint density at radius 3 is 2.38 bits per heavy atom. The summed E-state index contributed by atoms with van der Waals surface area (Å²) in [7, 11) is 0. The summed E-state index contributed by atoms with van der Waals surface area (Å²) in [5.74, 6) is 0.146. The molecule has 6 rings (SSSR count). The average molecular weight is 499 g/mol. The highest BCUT2D eigenvalue weighted by Gasteiger charge is 2.34. The number of hydrogen-bond donors (Lipinski definition) is 0. The Balaban J connectivity index is 1.23. The van der Waals surface area contributed by atoms with Crippen LogP contribution in [0.1, 0.15) is 24.8 Å². The highest BCUT2D eigenvalue weighted by atomic mass is 19.3. The molecule has 188 valence electrons. The smallest absolute Gasteiger partial charge is 0.410 e. The van der Waals surface area contributed by atoms with E-state index in [0.29, 0.717) is 13.1 Å². The van der Waals surface area contributed by atoms with Gasteiger partial charge in [0, 0.05) is 23.5 Å². The number of fused-ring (bicyclic) bond motifs is 2. The molecule has 0 saturated carbocycles. The summed E-state index contributed by atoms with van der Waals surface area (Å²) in [6.45, 7) is 3.12. The summed E-state index contributed by atoms with van der Waals surface area (Å²) in [5, 5.41) is 6.93. The van der Waals surface area contributed by atoms with E-state index in [1.165, 1.54) is 10.9 Å². The van der Waals surface area contributed by atoms with E-state index in [4.69, 9.17) is 9.72 Å². The standard InChI is InChI=1S/C30H28F2N4O/c1-21-9-14-27(26-8-4-3-7-25(21)26)28-18-34-36-19-23(17-33-29(28)36)22-10-12-24(13-11-22)37-30(31,32)20-35-15-5-2-6-16-35/h3-4,7-14,17-19H,2,5-6,15-16,20H2,1H3. The third-order valence-corrected chi connectivity index (χ3v) is 7.10. The zero-order valence-electron chi connectivity index (χ0n) is 20.7. The Bertz CT molecular complexity index is 1560. The van der Waals surface area contributed by atoms with Crippen LogP contribution in [0.25, 0.3) is 38.7 Å². The van der Waals surface area contributed by atoms with E-state index in [1.807, 2.05) is 24.5 Å². The van der Waals surface area contributed by atoms with Gasteiger partial charge in [-0.15, -0.1) is 0 Å². The van der Waals surface area contributed by atoms with E-state index in [2.05, 4.69) is 36.3 Å². The molecular weight excluding hydrogens is 470 g/mol. The molecule has 7 heteroatoms. The zero-order valence-corrected chi connectivity index (χ0v) is 20.7. The van der Waals surface area contributed by atoms with Crippen molar-refractivity contribution in [3.05, 3.63) is 84.8 Å². The molecule has 3 heterocycles. The number of nitrogens with zero attached hydrogens (tertiary/aromatic N) is 4. The van der Waals surface area contributed by atoms with Gasteiger partial charge in [-0.25, -0.2) is 9.50 Å². The van der Waals surface area contributed by atoms with E-state index in [1.54, 1.807) is 39.9 Å². The van der Waals surface area contributed by atoms with E-state index in [-0.39, 0.29) is 12.3 Å². The molecule has 5 nitrogen and oxygen atoms in total. The summed E-state index contributed by atoms with van der Waals surface area (Å²) < 4.78 is 35.8. The number of halogens is 2. The first-order valence-corrected chi connectivity index (χ1v) is 12.7. The first kappa shape index (κ1) is 23.6. The predicted molar refractivity (Wildman–Crippen MR) is 142 cm³/mol. The minimum atomic E-state index is -3.23. The van der Waals surface area contributed by atoms with Gasteiger partial charge in [-0.05, 0) is 72.5 Å². The summed E-state index contributed by atoms with van der Waals surface area (Å²) in [5.41, 5.74) is 5.71. The van der Waals surface area contributed by atoms with Gasteiger partial charge in [0.2, 0.25) is 0 Å². The second-order valence-electron chi connectivity index (χ2n) is 9.75. The van der Waals surface area contributed by atoms with Crippen molar-refractivity contribution in [1.82, 2.24) is 19.5 Å². The molecule has 1 fully saturated rings. The van der Waals surface area contributed by atoms with Gasteiger partial charge in [-0.1, -0.05) is 55.0 Å². The number of aryl methyl sites for hydroxylation is 1. The highest BCUT2D eigenvalue weighted by Crippen LogP contribution is 2.33. The average Bonchev–Trinajstić information content (AvgIpc) is 3.33. The van der Waals surface area contributed by atoms with Crippen LogP contribution in [0.4, 0.5) is 8.78 Å². The molecule has 0 N–H and O–H groups in total. The molecule has 0 atom stereocenters. The minimum Gasteiger partial charge on any atom is -0.432 e. The Hall–Kier alpha value is -3.84. The molecule has 5 aromatic rings. The van der Waals surface area contributed by atoms with Gasteiger partial charge in [0.1, 0.15) is 12.3 Å². The van der Waals surface area contributed by atoms with Gasteiger partial charge in [0.15, 0.2) is 5.65 Å². The first-order chi connectivity index (χ1) is 18.0. The first-order valence-electron chi connectivity index (χ1n) is 12.7. The molecule has 37 heavy (non-hydrogen) atoms. The molecule has 3 aromatic carbocycles. The van der Waals surface area contributed by atoms with Crippen molar-refractivity contribution in [2.75, 3.05) is 19.6 Å². The highest BCUT2D eigenvalue weighted by molar-refractivity contribution is 6.01. The van der Waals surface area contributed by atoms with Gasteiger partial charge in [0.25, 0.3) is 0 Å². The fourth-order valence-electron chi connectivity index (χ4n) is 5.20. The molecule has 1 aliphatic heterocycles. The van der Waals surface area contributed by atoms with Gasteiger partial charge in [-0.3, -0.25) is 4.90 Å². The third-order valence-electron chi connectivity index (χ3n) is 7.10. The Labute approximate surface area is 214 Å². The van der Waals surface area contributed by atoms with Crippen molar-refractivity contribution >= 4 is 16.4 Å². The predicted octanol–water partition coefficient (Wildman–Crippen LogP) is 6.98.